The summed E-state index contributed by atoms with van der Waals surface area (Å²) in [4.78, 5) is 24.2. The highest BCUT2D eigenvalue weighted by Gasteiger charge is 2.38. The topological polar surface area (TPSA) is 83.6 Å². The van der Waals surface area contributed by atoms with Crippen LogP contribution >= 0.6 is 0 Å². The normalized spacial score (nSPS) is 27.8. The minimum atomic E-state index is -0.831. The van der Waals surface area contributed by atoms with Crippen molar-refractivity contribution in [1.29, 1.82) is 0 Å². The Hall–Kier alpha value is -1.10. The van der Waals surface area contributed by atoms with Gasteiger partial charge in [-0.2, -0.15) is 0 Å². The first-order valence-corrected chi connectivity index (χ1v) is 5.27. The van der Waals surface area contributed by atoms with Crippen molar-refractivity contribution in [3.05, 3.63) is 0 Å². The molecule has 1 amide bonds. The van der Waals surface area contributed by atoms with Gasteiger partial charge < -0.3 is 15.7 Å². The van der Waals surface area contributed by atoms with Crippen LogP contribution in [0.1, 0.15) is 26.7 Å². The molecule has 1 aliphatic heterocycles. The van der Waals surface area contributed by atoms with E-state index in [1.165, 1.54) is 0 Å². The predicted octanol–water partition coefficient (Wildman–Crippen LogP) is 0.0453. The zero-order valence-corrected chi connectivity index (χ0v) is 9.14. The van der Waals surface area contributed by atoms with Gasteiger partial charge in [0.15, 0.2) is 0 Å². The van der Waals surface area contributed by atoms with Crippen LogP contribution in [0, 0.1) is 5.92 Å². The Morgan fingerprint density at radius 3 is 2.60 bits per heavy atom. The van der Waals surface area contributed by atoms with Gasteiger partial charge in [0.25, 0.3) is 0 Å². The minimum Gasteiger partial charge on any atom is -0.481 e. The second kappa shape index (κ2) is 4.61. The lowest BCUT2D eigenvalue weighted by atomic mass is 10.0. The summed E-state index contributed by atoms with van der Waals surface area (Å²) in [5, 5.41) is 8.91. The molecule has 86 valence electrons. The third-order valence-corrected chi connectivity index (χ3v) is 3.11. The second-order valence-corrected chi connectivity index (χ2v) is 4.02. The summed E-state index contributed by atoms with van der Waals surface area (Å²) < 4.78 is 0. The third kappa shape index (κ3) is 2.28. The van der Waals surface area contributed by atoms with Gasteiger partial charge in [0.2, 0.25) is 5.91 Å². The molecule has 1 fully saturated rings. The van der Waals surface area contributed by atoms with Crippen molar-refractivity contribution < 1.29 is 14.7 Å². The fraction of sp³-hybridized carbons (Fsp3) is 0.800. The van der Waals surface area contributed by atoms with Gasteiger partial charge in [-0.05, 0) is 19.8 Å². The molecule has 0 aromatic carbocycles. The third-order valence-electron chi connectivity index (χ3n) is 3.11. The van der Waals surface area contributed by atoms with Crippen molar-refractivity contribution in [2.24, 2.45) is 11.7 Å². The van der Waals surface area contributed by atoms with E-state index in [9.17, 15) is 9.59 Å². The van der Waals surface area contributed by atoms with E-state index in [1.807, 2.05) is 6.92 Å². The van der Waals surface area contributed by atoms with Crippen LogP contribution in [0.4, 0.5) is 0 Å². The molecular weight excluding hydrogens is 196 g/mol. The van der Waals surface area contributed by atoms with Crippen molar-refractivity contribution in [3.63, 3.8) is 0 Å². The Kier molecular flexibility index (Phi) is 3.68. The van der Waals surface area contributed by atoms with E-state index in [4.69, 9.17) is 10.8 Å². The maximum atomic E-state index is 11.8. The molecule has 0 aromatic rings. The molecule has 0 radical (unpaired) electrons. The monoisotopic (exact) mass is 214 g/mol. The number of likely N-dealkylation sites (tertiary alicyclic amines) is 1. The molecule has 0 spiro atoms. The van der Waals surface area contributed by atoms with Gasteiger partial charge in [0.1, 0.15) is 0 Å². The largest absolute Gasteiger partial charge is 0.481 e. The van der Waals surface area contributed by atoms with Gasteiger partial charge in [-0.3, -0.25) is 9.59 Å². The van der Waals surface area contributed by atoms with E-state index in [0.29, 0.717) is 19.4 Å². The molecule has 3 unspecified atom stereocenters. The van der Waals surface area contributed by atoms with Crippen molar-refractivity contribution in [2.75, 3.05) is 6.54 Å². The standard InChI is InChI=1S/C10H18N2O3/c1-3-8(11)9(13)12-5-4-7(6(12)2)10(14)15/h6-8H,3-5,11H2,1-2H3,(H,14,15). The van der Waals surface area contributed by atoms with Gasteiger partial charge in [-0.15, -0.1) is 0 Å². The van der Waals surface area contributed by atoms with Gasteiger partial charge in [0.05, 0.1) is 12.0 Å². The number of aliphatic carboxylic acids is 1. The summed E-state index contributed by atoms with van der Waals surface area (Å²) in [6.45, 7) is 4.12. The summed E-state index contributed by atoms with van der Waals surface area (Å²) in [6, 6.07) is -0.743. The number of carbonyl (C=O) groups is 2. The first-order valence-electron chi connectivity index (χ1n) is 5.27. The zero-order chi connectivity index (χ0) is 11.6. The first kappa shape index (κ1) is 12.0. The van der Waals surface area contributed by atoms with E-state index >= 15 is 0 Å². The maximum absolute atomic E-state index is 11.8. The summed E-state index contributed by atoms with van der Waals surface area (Å²) in [6.07, 6.45) is 1.11. The van der Waals surface area contributed by atoms with E-state index < -0.39 is 17.9 Å². The molecule has 0 saturated carbocycles. The highest BCUT2D eigenvalue weighted by Crippen LogP contribution is 2.24. The van der Waals surface area contributed by atoms with Gasteiger partial charge in [-0.25, -0.2) is 0 Å². The molecular formula is C10H18N2O3. The van der Waals surface area contributed by atoms with Gasteiger partial charge in [-0.1, -0.05) is 6.92 Å². The van der Waals surface area contributed by atoms with Crippen molar-refractivity contribution in [2.45, 2.75) is 38.8 Å². The first-order chi connectivity index (χ1) is 6.99. The number of nitrogens with two attached hydrogens (primary N) is 1. The van der Waals surface area contributed by atoms with Crippen LogP contribution in [0.2, 0.25) is 0 Å². The Labute approximate surface area is 89.2 Å². The molecule has 0 aromatic heterocycles. The summed E-state index contributed by atoms with van der Waals surface area (Å²) >= 11 is 0. The summed E-state index contributed by atoms with van der Waals surface area (Å²) in [5.41, 5.74) is 5.64. The fourth-order valence-corrected chi connectivity index (χ4v) is 1.97. The molecule has 5 nitrogen and oxygen atoms in total. The molecule has 15 heavy (non-hydrogen) atoms. The number of hydrogen-bond donors (Lipinski definition) is 2. The lowest BCUT2D eigenvalue weighted by molar-refractivity contribution is -0.143. The van der Waals surface area contributed by atoms with Crippen LogP contribution in [-0.2, 0) is 9.59 Å². The molecule has 1 aliphatic rings. The number of hydrogen-bond acceptors (Lipinski definition) is 3. The molecule has 5 heteroatoms. The number of nitrogens with zero attached hydrogens (tertiary/aromatic N) is 1. The average molecular weight is 214 g/mol. The van der Waals surface area contributed by atoms with Crippen LogP contribution in [0.15, 0.2) is 0 Å². The van der Waals surface area contributed by atoms with E-state index in [0.717, 1.165) is 0 Å². The van der Waals surface area contributed by atoms with Gasteiger partial charge in [0, 0.05) is 12.6 Å². The molecule has 1 rings (SSSR count). The lowest BCUT2D eigenvalue weighted by Gasteiger charge is -2.25. The molecule has 1 heterocycles. The fourth-order valence-electron chi connectivity index (χ4n) is 1.97. The summed E-state index contributed by atoms with van der Waals surface area (Å²) in [7, 11) is 0. The van der Waals surface area contributed by atoms with Crippen LogP contribution < -0.4 is 5.73 Å². The predicted molar refractivity (Wildman–Crippen MR) is 55.2 cm³/mol. The van der Waals surface area contributed by atoms with Crippen molar-refractivity contribution in [3.8, 4) is 0 Å². The van der Waals surface area contributed by atoms with Gasteiger partial charge >= 0.3 is 5.97 Å². The van der Waals surface area contributed by atoms with Crippen molar-refractivity contribution in [1.82, 2.24) is 4.90 Å². The average Bonchev–Trinajstić information content (AvgIpc) is 2.57. The second-order valence-electron chi connectivity index (χ2n) is 4.02. The number of amides is 1. The molecule has 1 saturated heterocycles. The zero-order valence-electron chi connectivity index (χ0n) is 9.14. The Morgan fingerprint density at radius 2 is 2.20 bits per heavy atom. The lowest BCUT2D eigenvalue weighted by Crippen LogP contribution is -2.46. The minimum absolute atomic E-state index is 0.131. The number of carbonyl (C=O) groups excluding carboxylic acids is 1. The van der Waals surface area contributed by atoms with Crippen LogP contribution in [-0.4, -0.2) is 40.5 Å². The molecule has 0 bridgehead atoms. The highest BCUT2D eigenvalue weighted by molar-refractivity contribution is 5.83. The highest BCUT2D eigenvalue weighted by atomic mass is 16.4. The van der Waals surface area contributed by atoms with Crippen LogP contribution in [0.3, 0.4) is 0 Å². The molecule has 3 atom stereocenters. The Bertz CT molecular complexity index is 267. The maximum Gasteiger partial charge on any atom is 0.308 e. The smallest absolute Gasteiger partial charge is 0.308 e. The SMILES string of the molecule is CCC(N)C(=O)N1CCC(C(=O)O)C1C. The number of rotatable bonds is 3. The Balaban J connectivity index is 2.67. The number of carboxylic acid groups (broad SMARTS) is 1. The van der Waals surface area contributed by atoms with Crippen LogP contribution in [0.25, 0.3) is 0 Å². The van der Waals surface area contributed by atoms with E-state index in [2.05, 4.69) is 0 Å². The van der Waals surface area contributed by atoms with Crippen LogP contribution in [0.5, 0.6) is 0 Å². The Morgan fingerprint density at radius 1 is 1.60 bits per heavy atom. The quantitative estimate of drug-likeness (QED) is 0.695. The molecule has 3 N–H and O–H groups in total. The summed E-state index contributed by atoms with van der Waals surface area (Å²) in [5.74, 6) is -1.41. The van der Waals surface area contributed by atoms with Crippen molar-refractivity contribution >= 4 is 11.9 Å². The number of carboxylic acids is 1. The van der Waals surface area contributed by atoms with E-state index in [-0.39, 0.29) is 11.9 Å². The molecule has 0 aliphatic carbocycles. The van der Waals surface area contributed by atoms with E-state index in [1.54, 1.807) is 11.8 Å².